The van der Waals surface area contributed by atoms with E-state index in [0.29, 0.717) is 0 Å². The Labute approximate surface area is 76.2 Å². The highest BCUT2D eigenvalue weighted by atomic mass is 16.5. The molecular weight excluding hydrogens is 172 g/mol. The van der Waals surface area contributed by atoms with Gasteiger partial charge in [-0.3, -0.25) is 4.79 Å². The average molecular weight is 184 g/mol. The number of hydrogen-bond acceptors (Lipinski definition) is 3. The van der Waals surface area contributed by atoms with Gasteiger partial charge in [0.1, 0.15) is 6.10 Å². The van der Waals surface area contributed by atoms with Crippen molar-refractivity contribution in [3.8, 4) is 0 Å². The van der Waals surface area contributed by atoms with Crippen LogP contribution in [-0.2, 0) is 14.3 Å². The molecule has 0 aromatic rings. The number of hydrogen-bond donors (Lipinski definition) is 1. The third kappa shape index (κ3) is 2.57. The van der Waals surface area contributed by atoms with Crippen LogP contribution in [0.5, 0.6) is 0 Å². The lowest BCUT2D eigenvalue weighted by Crippen LogP contribution is -2.16. The predicted octanol–water partition coefficient (Wildman–Crippen LogP) is 1.11. The van der Waals surface area contributed by atoms with E-state index in [4.69, 9.17) is 9.84 Å². The normalized spacial score (nSPS) is 21.2. The Kier molecular flexibility index (Phi) is 3.06. The highest BCUT2D eigenvalue weighted by molar-refractivity contribution is 5.86. The highest BCUT2D eigenvalue weighted by Crippen LogP contribution is 2.22. The minimum absolute atomic E-state index is 0.127. The average Bonchev–Trinajstić information content (AvgIpc) is 2.31. The molecule has 0 radical (unpaired) electrons. The van der Waals surface area contributed by atoms with E-state index in [1.807, 2.05) is 6.92 Å². The van der Waals surface area contributed by atoms with Crippen LogP contribution in [0.3, 0.4) is 0 Å². The Morgan fingerprint density at radius 2 is 2.38 bits per heavy atom. The molecule has 0 amide bonds. The summed E-state index contributed by atoms with van der Waals surface area (Å²) < 4.78 is 4.82. The Morgan fingerprint density at radius 3 is 2.92 bits per heavy atom. The SMILES string of the molecule is CCCC1=CC(=O)OC1CC(=O)O. The first-order valence-electron chi connectivity index (χ1n) is 4.26. The standard InChI is InChI=1S/C9H12O4/c1-2-3-6-4-9(12)13-7(6)5-8(10)11/h4,7H,2-3,5H2,1H3,(H,10,11). The topological polar surface area (TPSA) is 63.6 Å². The largest absolute Gasteiger partial charge is 0.481 e. The summed E-state index contributed by atoms with van der Waals surface area (Å²) in [6.07, 6.45) is 2.35. The summed E-state index contributed by atoms with van der Waals surface area (Å²) in [4.78, 5) is 21.2. The molecule has 1 N–H and O–H groups in total. The first kappa shape index (κ1) is 9.77. The number of carbonyl (C=O) groups excluding carboxylic acids is 1. The molecule has 0 aliphatic carbocycles. The lowest BCUT2D eigenvalue weighted by molar-refractivity contribution is -0.144. The second-order valence-corrected chi connectivity index (χ2v) is 2.99. The van der Waals surface area contributed by atoms with Crippen LogP contribution in [0.1, 0.15) is 26.2 Å². The van der Waals surface area contributed by atoms with Gasteiger partial charge in [0.25, 0.3) is 0 Å². The first-order chi connectivity index (χ1) is 6.13. The number of rotatable bonds is 4. The fraction of sp³-hybridized carbons (Fsp3) is 0.556. The first-order valence-corrected chi connectivity index (χ1v) is 4.26. The van der Waals surface area contributed by atoms with Crippen molar-refractivity contribution >= 4 is 11.9 Å². The predicted molar refractivity (Wildman–Crippen MR) is 45.1 cm³/mol. The molecule has 1 heterocycles. The van der Waals surface area contributed by atoms with Gasteiger partial charge in [0.15, 0.2) is 0 Å². The summed E-state index contributed by atoms with van der Waals surface area (Å²) in [7, 11) is 0. The summed E-state index contributed by atoms with van der Waals surface area (Å²) in [6, 6.07) is 0. The lowest BCUT2D eigenvalue weighted by atomic mass is 10.0. The monoisotopic (exact) mass is 184 g/mol. The third-order valence-corrected chi connectivity index (χ3v) is 1.87. The maximum absolute atomic E-state index is 10.8. The molecule has 0 spiro atoms. The summed E-state index contributed by atoms with van der Waals surface area (Å²) in [5.74, 6) is -1.36. The molecule has 72 valence electrons. The van der Waals surface area contributed by atoms with Crippen LogP contribution in [0.25, 0.3) is 0 Å². The maximum atomic E-state index is 10.8. The molecule has 0 saturated heterocycles. The van der Waals surface area contributed by atoms with Crippen LogP contribution in [0, 0.1) is 0 Å². The van der Waals surface area contributed by atoms with Crippen LogP contribution in [0.15, 0.2) is 11.6 Å². The van der Waals surface area contributed by atoms with Crippen molar-refractivity contribution in [2.24, 2.45) is 0 Å². The van der Waals surface area contributed by atoms with Crippen LogP contribution in [-0.4, -0.2) is 23.1 Å². The van der Waals surface area contributed by atoms with Gasteiger partial charge >= 0.3 is 11.9 Å². The van der Waals surface area contributed by atoms with Crippen LogP contribution >= 0.6 is 0 Å². The molecule has 1 atom stereocenters. The molecule has 1 unspecified atom stereocenters. The number of carboxylic acid groups (broad SMARTS) is 1. The summed E-state index contributed by atoms with van der Waals surface area (Å²) in [6.45, 7) is 1.97. The van der Waals surface area contributed by atoms with E-state index in [0.717, 1.165) is 18.4 Å². The number of esters is 1. The number of cyclic esters (lactones) is 1. The van der Waals surface area contributed by atoms with E-state index in [1.165, 1.54) is 6.08 Å². The molecule has 1 rings (SSSR count). The zero-order chi connectivity index (χ0) is 9.84. The van der Waals surface area contributed by atoms with Crippen molar-refractivity contribution in [2.75, 3.05) is 0 Å². The Hall–Kier alpha value is -1.32. The quantitative estimate of drug-likeness (QED) is 0.665. The lowest BCUT2D eigenvalue weighted by Gasteiger charge is -2.10. The van der Waals surface area contributed by atoms with Gasteiger partial charge in [0.2, 0.25) is 0 Å². The molecule has 1 aliphatic heterocycles. The van der Waals surface area contributed by atoms with Gasteiger partial charge in [-0.1, -0.05) is 13.3 Å². The number of carboxylic acids is 1. The zero-order valence-corrected chi connectivity index (χ0v) is 7.45. The molecule has 13 heavy (non-hydrogen) atoms. The maximum Gasteiger partial charge on any atom is 0.331 e. The fourth-order valence-electron chi connectivity index (χ4n) is 1.35. The summed E-state index contributed by atoms with van der Waals surface area (Å²) >= 11 is 0. The molecule has 4 heteroatoms. The van der Waals surface area contributed by atoms with Gasteiger partial charge in [-0.2, -0.15) is 0 Å². The summed E-state index contributed by atoms with van der Waals surface area (Å²) in [5, 5.41) is 8.53. The van der Waals surface area contributed by atoms with Crippen LogP contribution in [0.4, 0.5) is 0 Å². The van der Waals surface area contributed by atoms with Gasteiger partial charge in [-0.25, -0.2) is 4.79 Å². The molecule has 4 nitrogen and oxygen atoms in total. The van der Waals surface area contributed by atoms with E-state index in [1.54, 1.807) is 0 Å². The van der Waals surface area contributed by atoms with Gasteiger partial charge in [-0.05, 0) is 12.0 Å². The molecule has 0 saturated carbocycles. The van der Waals surface area contributed by atoms with Crippen molar-refractivity contribution in [1.29, 1.82) is 0 Å². The van der Waals surface area contributed by atoms with Crippen molar-refractivity contribution in [2.45, 2.75) is 32.3 Å². The van der Waals surface area contributed by atoms with Gasteiger partial charge in [-0.15, -0.1) is 0 Å². The Bertz CT molecular complexity index is 254. The number of aliphatic carboxylic acids is 1. The Morgan fingerprint density at radius 1 is 1.69 bits per heavy atom. The van der Waals surface area contributed by atoms with Crippen molar-refractivity contribution in [1.82, 2.24) is 0 Å². The van der Waals surface area contributed by atoms with Gasteiger partial charge in [0.05, 0.1) is 6.42 Å². The summed E-state index contributed by atoms with van der Waals surface area (Å²) in [5.41, 5.74) is 0.801. The van der Waals surface area contributed by atoms with E-state index in [-0.39, 0.29) is 6.42 Å². The minimum Gasteiger partial charge on any atom is -0.481 e. The number of carbonyl (C=O) groups is 2. The second kappa shape index (κ2) is 4.07. The molecule has 0 aromatic heterocycles. The second-order valence-electron chi connectivity index (χ2n) is 2.99. The molecule has 1 aliphatic rings. The van der Waals surface area contributed by atoms with Crippen molar-refractivity contribution in [3.05, 3.63) is 11.6 Å². The van der Waals surface area contributed by atoms with Crippen LogP contribution < -0.4 is 0 Å². The van der Waals surface area contributed by atoms with E-state index < -0.39 is 18.0 Å². The third-order valence-electron chi connectivity index (χ3n) is 1.87. The highest BCUT2D eigenvalue weighted by Gasteiger charge is 2.27. The minimum atomic E-state index is -0.943. The van der Waals surface area contributed by atoms with Crippen molar-refractivity contribution in [3.63, 3.8) is 0 Å². The number of ether oxygens (including phenoxy) is 1. The zero-order valence-electron chi connectivity index (χ0n) is 7.45. The van der Waals surface area contributed by atoms with Gasteiger partial charge in [0, 0.05) is 6.08 Å². The van der Waals surface area contributed by atoms with Crippen molar-refractivity contribution < 1.29 is 19.4 Å². The van der Waals surface area contributed by atoms with Crippen LogP contribution in [0.2, 0.25) is 0 Å². The Balaban J connectivity index is 2.60. The molecular formula is C9H12O4. The van der Waals surface area contributed by atoms with Gasteiger partial charge < -0.3 is 9.84 Å². The van der Waals surface area contributed by atoms with E-state index >= 15 is 0 Å². The fourth-order valence-corrected chi connectivity index (χ4v) is 1.35. The van der Waals surface area contributed by atoms with E-state index in [2.05, 4.69) is 0 Å². The molecule has 0 fully saturated rings. The molecule has 0 aromatic carbocycles. The smallest absolute Gasteiger partial charge is 0.331 e. The molecule has 0 bridgehead atoms. The van der Waals surface area contributed by atoms with E-state index in [9.17, 15) is 9.59 Å².